The molecule has 0 aliphatic carbocycles. The first-order chi connectivity index (χ1) is 10.3. The molecule has 0 amide bonds. The first-order valence-electron chi connectivity index (χ1n) is 7.73. The quantitative estimate of drug-likeness (QED) is 0.865. The Bertz CT molecular complexity index is 616. The zero-order chi connectivity index (χ0) is 14.7. The lowest BCUT2D eigenvalue weighted by molar-refractivity contribution is 0.0439. The maximum absolute atomic E-state index is 5.91. The van der Waals surface area contributed by atoms with E-state index in [2.05, 4.69) is 26.8 Å². The van der Waals surface area contributed by atoms with Gasteiger partial charge in [0.2, 0.25) is 0 Å². The summed E-state index contributed by atoms with van der Waals surface area (Å²) in [5.41, 5.74) is 2.80. The summed E-state index contributed by atoms with van der Waals surface area (Å²) in [7, 11) is 0. The lowest BCUT2D eigenvalue weighted by Crippen LogP contribution is -2.40. The molecule has 1 fully saturated rings. The van der Waals surface area contributed by atoms with Gasteiger partial charge in [-0.05, 0) is 38.3 Å². The number of fused-ring (bicyclic) bond motifs is 1. The Morgan fingerprint density at radius 1 is 1.33 bits per heavy atom. The molecule has 5 nitrogen and oxygen atoms in total. The van der Waals surface area contributed by atoms with E-state index in [0.717, 1.165) is 61.5 Å². The van der Waals surface area contributed by atoms with E-state index in [1.165, 1.54) is 0 Å². The molecule has 0 spiro atoms. The van der Waals surface area contributed by atoms with Gasteiger partial charge in [-0.3, -0.25) is 0 Å². The number of rotatable bonds is 4. The van der Waals surface area contributed by atoms with Gasteiger partial charge in [0, 0.05) is 25.4 Å². The maximum atomic E-state index is 5.91. The van der Waals surface area contributed by atoms with Gasteiger partial charge >= 0.3 is 0 Å². The highest BCUT2D eigenvalue weighted by Gasteiger charge is 2.23. The number of ether oxygens (including phenoxy) is 1. The average molecular weight is 286 g/mol. The summed E-state index contributed by atoms with van der Waals surface area (Å²) in [6.07, 6.45) is 5.25. The minimum Gasteiger partial charge on any atom is -0.376 e. The van der Waals surface area contributed by atoms with E-state index in [9.17, 15) is 0 Å². The van der Waals surface area contributed by atoms with Crippen LogP contribution >= 0.6 is 0 Å². The Balaban J connectivity index is 1.87. The molecule has 3 rings (SSSR count). The van der Waals surface area contributed by atoms with E-state index >= 15 is 0 Å². The highest BCUT2D eigenvalue weighted by atomic mass is 16.5. The van der Waals surface area contributed by atoms with Crippen molar-refractivity contribution in [2.75, 3.05) is 24.6 Å². The van der Waals surface area contributed by atoms with E-state index < -0.39 is 0 Å². The van der Waals surface area contributed by atoms with Crippen molar-refractivity contribution in [3.8, 4) is 0 Å². The molecule has 2 aromatic heterocycles. The predicted octanol–water partition coefficient (Wildman–Crippen LogP) is 2.73. The third-order valence-electron chi connectivity index (χ3n) is 3.84. The Hall–Kier alpha value is -1.75. The number of aryl methyl sites for hydroxylation is 1. The summed E-state index contributed by atoms with van der Waals surface area (Å²) in [5.74, 6) is 0.938. The molecular formula is C16H22N4O. The first-order valence-corrected chi connectivity index (χ1v) is 7.73. The normalized spacial score (nSPS) is 19.1. The molecule has 0 aromatic carbocycles. The Morgan fingerprint density at radius 3 is 3.10 bits per heavy atom. The van der Waals surface area contributed by atoms with E-state index in [0.29, 0.717) is 6.10 Å². The molecule has 112 valence electrons. The van der Waals surface area contributed by atoms with Crippen LogP contribution in [-0.4, -0.2) is 40.8 Å². The summed E-state index contributed by atoms with van der Waals surface area (Å²) >= 11 is 0. The number of aromatic nitrogens is 3. The molecule has 0 N–H and O–H groups in total. The molecule has 5 heteroatoms. The van der Waals surface area contributed by atoms with Gasteiger partial charge in [-0.25, -0.2) is 15.0 Å². The van der Waals surface area contributed by atoms with E-state index in [1.807, 2.05) is 19.1 Å². The smallest absolute Gasteiger partial charge is 0.158 e. The molecular weight excluding hydrogens is 264 g/mol. The van der Waals surface area contributed by atoms with Gasteiger partial charge < -0.3 is 9.64 Å². The van der Waals surface area contributed by atoms with Crippen molar-refractivity contribution in [2.24, 2.45) is 0 Å². The molecule has 1 aliphatic heterocycles. The van der Waals surface area contributed by atoms with Gasteiger partial charge in [0.25, 0.3) is 0 Å². The third kappa shape index (κ3) is 3.13. The number of pyridine rings is 1. The minimum absolute atomic E-state index is 0.300. The summed E-state index contributed by atoms with van der Waals surface area (Å²) in [5, 5.41) is 0. The second-order valence-electron chi connectivity index (χ2n) is 5.60. The van der Waals surface area contributed by atoms with Crippen LogP contribution in [0.25, 0.3) is 11.0 Å². The zero-order valence-corrected chi connectivity index (χ0v) is 12.7. The summed E-state index contributed by atoms with van der Waals surface area (Å²) < 4.78 is 5.91. The molecule has 0 bridgehead atoms. The topological polar surface area (TPSA) is 51.1 Å². The molecule has 21 heavy (non-hydrogen) atoms. The van der Waals surface area contributed by atoms with Crippen LogP contribution in [0.2, 0.25) is 0 Å². The maximum Gasteiger partial charge on any atom is 0.158 e. The largest absolute Gasteiger partial charge is 0.376 e. The second-order valence-corrected chi connectivity index (χ2v) is 5.60. The summed E-state index contributed by atoms with van der Waals surface area (Å²) in [4.78, 5) is 15.7. The number of nitrogens with zero attached hydrogens (tertiary/aromatic N) is 4. The van der Waals surface area contributed by atoms with Crippen molar-refractivity contribution >= 4 is 16.9 Å². The van der Waals surface area contributed by atoms with E-state index in [-0.39, 0.29) is 0 Å². The molecule has 1 saturated heterocycles. The van der Waals surface area contributed by atoms with Crippen LogP contribution in [0.5, 0.6) is 0 Å². The molecule has 0 radical (unpaired) electrons. The van der Waals surface area contributed by atoms with Crippen molar-refractivity contribution < 1.29 is 4.74 Å². The van der Waals surface area contributed by atoms with Crippen molar-refractivity contribution in [1.29, 1.82) is 0 Å². The molecule has 1 atom stereocenters. The van der Waals surface area contributed by atoms with Gasteiger partial charge in [-0.1, -0.05) is 6.92 Å². The van der Waals surface area contributed by atoms with Crippen molar-refractivity contribution in [2.45, 2.75) is 39.2 Å². The molecule has 1 unspecified atom stereocenters. The summed E-state index contributed by atoms with van der Waals surface area (Å²) in [6.45, 7) is 6.88. The predicted molar refractivity (Wildman–Crippen MR) is 83.5 cm³/mol. The fourth-order valence-corrected chi connectivity index (χ4v) is 2.81. The summed E-state index contributed by atoms with van der Waals surface area (Å²) in [6, 6.07) is 4.00. The van der Waals surface area contributed by atoms with Gasteiger partial charge in [-0.15, -0.1) is 0 Å². The van der Waals surface area contributed by atoms with Gasteiger partial charge in [0.15, 0.2) is 5.82 Å². The first kappa shape index (κ1) is 14.2. The molecule has 2 aromatic rings. The SMILES string of the molecule is CCCOC1CCCN(c2ncnc3ccc(C)nc23)C1. The highest BCUT2D eigenvalue weighted by molar-refractivity contribution is 5.85. The third-order valence-corrected chi connectivity index (χ3v) is 3.84. The van der Waals surface area contributed by atoms with E-state index in [4.69, 9.17) is 4.74 Å². The van der Waals surface area contributed by atoms with Crippen molar-refractivity contribution in [3.63, 3.8) is 0 Å². The Kier molecular flexibility index (Phi) is 4.29. The molecule has 3 heterocycles. The number of hydrogen-bond donors (Lipinski definition) is 0. The fourth-order valence-electron chi connectivity index (χ4n) is 2.81. The highest BCUT2D eigenvalue weighted by Crippen LogP contribution is 2.25. The average Bonchev–Trinajstić information content (AvgIpc) is 2.52. The lowest BCUT2D eigenvalue weighted by Gasteiger charge is -2.33. The van der Waals surface area contributed by atoms with Crippen molar-refractivity contribution in [1.82, 2.24) is 15.0 Å². The van der Waals surface area contributed by atoms with Gasteiger partial charge in [-0.2, -0.15) is 0 Å². The van der Waals surface area contributed by atoms with E-state index in [1.54, 1.807) is 6.33 Å². The molecule has 0 saturated carbocycles. The van der Waals surface area contributed by atoms with Crippen LogP contribution in [0, 0.1) is 6.92 Å². The standard InChI is InChI=1S/C16H22N4O/c1-3-9-21-13-5-4-8-20(10-13)16-15-14(17-11-18-16)7-6-12(2)19-15/h6-7,11,13H,3-5,8-10H2,1-2H3. The van der Waals surface area contributed by atoms with Crippen molar-refractivity contribution in [3.05, 3.63) is 24.2 Å². The van der Waals surface area contributed by atoms with Crippen LogP contribution < -0.4 is 4.90 Å². The monoisotopic (exact) mass is 286 g/mol. The lowest BCUT2D eigenvalue weighted by atomic mass is 10.1. The fraction of sp³-hybridized carbons (Fsp3) is 0.562. The van der Waals surface area contributed by atoms with Crippen LogP contribution in [0.15, 0.2) is 18.5 Å². The molecule has 1 aliphatic rings. The number of anilines is 1. The van der Waals surface area contributed by atoms with Crippen LogP contribution in [0.4, 0.5) is 5.82 Å². The van der Waals surface area contributed by atoms with Gasteiger partial charge in [0.05, 0.1) is 11.6 Å². The zero-order valence-electron chi connectivity index (χ0n) is 12.7. The number of piperidine rings is 1. The van der Waals surface area contributed by atoms with Gasteiger partial charge in [0.1, 0.15) is 11.8 Å². The van der Waals surface area contributed by atoms with Crippen LogP contribution in [-0.2, 0) is 4.74 Å². The Labute approximate surface area is 125 Å². The Morgan fingerprint density at radius 2 is 2.24 bits per heavy atom. The van der Waals surface area contributed by atoms with Crippen LogP contribution in [0.3, 0.4) is 0 Å². The minimum atomic E-state index is 0.300. The van der Waals surface area contributed by atoms with Crippen LogP contribution in [0.1, 0.15) is 31.9 Å². The number of hydrogen-bond acceptors (Lipinski definition) is 5. The second kappa shape index (κ2) is 6.35.